The summed E-state index contributed by atoms with van der Waals surface area (Å²) in [5.41, 5.74) is 7.29. The first-order valence-corrected chi connectivity index (χ1v) is 5.71. The van der Waals surface area contributed by atoms with Crippen molar-refractivity contribution in [2.45, 2.75) is 31.7 Å². The maximum atomic E-state index is 6.09. The Balaban J connectivity index is 2.10. The van der Waals surface area contributed by atoms with E-state index in [0.717, 1.165) is 25.0 Å². The molecular formula is C12H16ClNO. The molecule has 0 unspecified atom stereocenters. The normalized spacial score (nSPS) is 17.5. The third kappa shape index (κ3) is 2.64. The molecule has 1 saturated carbocycles. The smallest absolute Gasteiger partial charge is 0.137 e. The SMILES string of the molecule is CCOc1ccc(CC2(N)CC2)cc1Cl. The Hall–Kier alpha value is -0.730. The Labute approximate surface area is 95.4 Å². The van der Waals surface area contributed by atoms with E-state index in [9.17, 15) is 0 Å². The maximum Gasteiger partial charge on any atom is 0.137 e. The average molecular weight is 226 g/mol. The van der Waals surface area contributed by atoms with Gasteiger partial charge < -0.3 is 10.5 Å². The van der Waals surface area contributed by atoms with Crippen LogP contribution in [0.1, 0.15) is 25.3 Å². The number of halogens is 1. The number of ether oxygens (including phenoxy) is 1. The molecule has 0 aliphatic heterocycles. The first kappa shape index (κ1) is 10.8. The Morgan fingerprint density at radius 1 is 1.47 bits per heavy atom. The molecule has 2 N–H and O–H groups in total. The van der Waals surface area contributed by atoms with Crippen LogP contribution in [0.15, 0.2) is 18.2 Å². The minimum absolute atomic E-state index is 0.0382. The second-order valence-electron chi connectivity index (χ2n) is 4.24. The zero-order valence-corrected chi connectivity index (χ0v) is 9.68. The van der Waals surface area contributed by atoms with Crippen molar-refractivity contribution in [2.75, 3.05) is 6.61 Å². The van der Waals surface area contributed by atoms with Gasteiger partial charge in [0, 0.05) is 5.54 Å². The van der Waals surface area contributed by atoms with Gasteiger partial charge in [-0.1, -0.05) is 17.7 Å². The van der Waals surface area contributed by atoms with Crippen molar-refractivity contribution in [1.82, 2.24) is 0 Å². The fourth-order valence-corrected chi connectivity index (χ4v) is 1.93. The van der Waals surface area contributed by atoms with Gasteiger partial charge in [-0.2, -0.15) is 0 Å². The molecule has 1 fully saturated rings. The summed E-state index contributed by atoms with van der Waals surface area (Å²) in [4.78, 5) is 0. The van der Waals surface area contributed by atoms with Gasteiger partial charge in [0.05, 0.1) is 11.6 Å². The lowest BCUT2D eigenvalue weighted by atomic mass is 10.1. The molecule has 0 bridgehead atoms. The minimum atomic E-state index is 0.0382. The molecule has 0 heterocycles. The average Bonchev–Trinajstić information content (AvgIpc) is 2.89. The standard InChI is InChI=1S/C12H16ClNO/c1-2-15-11-4-3-9(7-10(11)13)8-12(14)5-6-12/h3-4,7H,2,5-6,8,14H2,1H3. The predicted molar refractivity (Wildman–Crippen MR) is 62.5 cm³/mol. The summed E-state index contributed by atoms with van der Waals surface area (Å²) in [6.45, 7) is 2.59. The van der Waals surface area contributed by atoms with Gasteiger partial charge in [-0.05, 0) is 43.9 Å². The number of hydrogen-bond acceptors (Lipinski definition) is 2. The second-order valence-corrected chi connectivity index (χ2v) is 4.64. The molecule has 2 nitrogen and oxygen atoms in total. The predicted octanol–water partition coefficient (Wildman–Crippen LogP) is 2.77. The first-order chi connectivity index (χ1) is 7.13. The minimum Gasteiger partial charge on any atom is -0.492 e. The second kappa shape index (κ2) is 4.03. The highest BCUT2D eigenvalue weighted by Gasteiger charge is 2.37. The summed E-state index contributed by atoms with van der Waals surface area (Å²) in [6, 6.07) is 5.93. The zero-order valence-electron chi connectivity index (χ0n) is 8.92. The van der Waals surface area contributed by atoms with Crippen molar-refractivity contribution in [3.63, 3.8) is 0 Å². The topological polar surface area (TPSA) is 35.2 Å². The van der Waals surface area contributed by atoms with Crippen molar-refractivity contribution < 1.29 is 4.74 Å². The van der Waals surface area contributed by atoms with Crippen LogP contribution in [0, 0.1) is 0 Å². The summed E-state index contributed by atoms with van der Waals surface area (Å²) >= 11 is 6.09. The Bertz CT molecular complexity index is 361. The van der Waals surface area contributed by atoms with Gasteiger partial charge in [0.2, 0.25) is 0 Å². The van der Waals surface area contributed by atoms with Crippen molar-refractivity contribution >= 4 is 11.6 Å². The largest absolute Gasteiger partial charge is 0.492 e. The maximum absolute atomic E-state index is 6.09. The van der Waals surface area contributed by atoms with Crippen LogP contribution < -0.4 is 10.5 Å². The van der Waals surface area contributed by atoms with Crippen LogP contribution in [0.3, 0.4) is 0 Å². The summed E-state index contributed by atoms with van der Waals surface area (Å²) < 4.78 is 5.37. The molecule has 1 aromatic carbocycles. The van der Waals surface area contributed by atoms with Gasteiger partial charge in [0.25, 0.3) is 0 Å². The fourth-order valence-electron chi connectivity index (χ4n) is 1.67. The lowest BCUT2D eigenvalue weighted by Crippen LogP contribution is -2.24. The number of nitrogens with two attached hydrogens (primary N) is 1. The van der Waals surface area contributed by atoms with Crippen LogP contribution >= 0.6 is 11.6 Å². The Morgan fingerprint density at radius 3 is 2.73 bits per heavy atom. The highest BCUT2D eigenvalue weighted by atomic mass is 35.5. The molecule has 0 atom stereocenters. The highest BCUT2D eigenvalue weighted by Crippen LogP contribution is 2.36. The Morgan fingerprint density at radius 2 is 2.20 bits per heavy atom. The van der Waals surface area contributed by atoms with Crippen molar-refractivity contribution in [1.29, 1.82) is 0 Å². The summed E-state index contributed by atoms with van der Waals surface area (Å²) in [6.07, 6.45) is 3.16. The molecule has 2 rings (SSSR count). The van der Waals surface area contributed by atoms with Gasteiger partial charge in [0.1, 0.15) is 5.75 Å². The van der Waals surface area contributed by atoms with Gasteiger partial charge in [-0.15, -0.1) is 0 Å². The highest BCUT2D eigenvalue weighted by molar-refractivity contribution is 6.32. The van der Waals surface area contributed by atoms with E-state index < -0.39 is 0 Å². The molecule has 1 aliphatic carbocycles. The Kier molecular flexibility index (Phi) is 2.89. The lowest BCUT2D eigenvalue weighted by molar-refractivity contribution is 0.340. The van der Waals surface area contributed by atoms with E-state index in [2.05, 4.69) is 0 Å². The van der Waals surface area contributed by atoms with Gasteiger partial charge in [-0.3, -0.25) is 0 Å². The molecule has 1 aromatic rings. The summed E-state index contributed by atoms with van der Waals surface area (Å²) in [5.74, 6) is 0.754. The molecule has 0 radical (unpaired) electrons. The molecule has 0 saturated heterocycles. The van der Waals surface area contributed by atoms with Crippen LogP contribution in [0.4, 0.5) is 0 Å². The molecule has 1 aliphatic rings. The number of benzene rings is 1. The van der Waals surface area contributed by atoms with Gasteiger partial charge >= 0.3 is 0 Å². The first-order valence-electron chi connectivity index (χ1n) is 5.33. The molecule has 0 aromatic heterocycles. The van der Waals surface area contributed by atoms with E-state index in [1.54, 1.807) is 0 Å². The third-order valence-electron chi connectivity index (χ3n) is 2.74. The van der Waals surface area contributed by atoms with E-state index in [-0.39, 0.29) is 5.54 Å². The van der Waals surface area contributed by atoms with Gasteiger partial charge in [-0.25, -0.2) is 0 Å². The van der Waals surface area contributed by atoms with Crippen LogP contribution in [-0.2, 0) is 6.42 Å². The summed E-state index contributed by atoms with van der Waals surface area (Å²) in [5, 5.41) is 0.679. The zero-order chi connectivity index (χ0) is 10.9. The fraction of sp³-hybridized carbons (Fsp3) is 0.500. The van der Waals surface area contributed by atoms with Crippen LogP contribution in [0.25, 0.3) is 0 Å². The molecule has 82 valence electrons. The molecule has 0 spiro atoms. The van der Waals surface area contributed by atoms with E-state index in [1.165, 1.54) is 5.56 Å². The van der Waals surface area contributed by atoms with E-state index in [0.29, 0.717) is 11.6 Å². The number of hydrogen-bond donors (Lipinski definition) is 1. The molecule has 3 heteroatoms. The molecule has 15 heavy (non-hydrogen) atoms. The summed E-state index contributed by atoms with van der Waals surface area (Å²) in [7, 11) is 0. The lowest BCUT2D eigenvalue weighted by Gasteiger charge is -2.11. The molecular weight excluding hydrogens is 210 g/mol. The number of rotatable bonds is 4. The van der Waals surface area contributed by atoms with Crippen molar-refractivity contribution in [3.05, 3.63) is 28.8 Å². The van der Waals surface area contributed by atoms with E-state index >= 15 is 0 Å². The van der Waals surface area contributed by atoms with Crippen LogP contribution in [0.2, 0.25) is 5.02 Å². The third-order valence-corrected chi connectivity index (χ3v) is 3.04. The van der Waals surface area contributed by atoms with Gasteiger partial charge in [0.15, 0.2) is 0 Å². The quantitative estimate of drug-likeness (QED) is 0.855. The monoisotopic (exact) mass is 225 g/mol. The van der Waals surface area contributed by atoms with Crippen molar-refractivity contribution in [3.8, 4) is 5.75 Å². The van der Waals surface area contributed by atoms with Crippen LogP contribution in [-0.4, -0.2) is 12.1 Å². The van der Waals surface area contributed by atoms with Crippen LogP contribution in [0.5, 0.6) is 5.75 Å². The van der Waals surface area contributed by atoms with Crippen molar-refractivity contribution in [2.24, 2.45) is 5.73 Å². The van der Waals surface area contributed by atoms with E-state index in [4.69, 9.17) is 22.1 Å². The van der Waals surface area contributed by atoms with E-state index in [1.807, 2.05) is 25.1 Å². The molecule has 0 amide bonds.